The first-order valence-corrected chi connectivity index (χ1v) is 9.21. The number of nitrogens with one attached hydrogen (secondary N) is 1. The maximum absolute atomic E-state index is 12.1. The fraction of sp³-hybridized carbons (Fsp3) is 0.0588. The van der Waals surface area contributed by atoms with Gasteiger partial charge < -0.3 is 8.94 Å². The van der Waals surface area contributed by atoms with Crippen molar-refractivity contribution in [1.29, 1.82) is 0 Å². The summed E-state index contributed by atoms with van der Waals surface area (Å²) in [5, 5.41) is 16.6. The van der Waals surface area contributed by atoms with Crippen molar-refractivity contribution in [2.75, 3.05) is 5.32 Å². The highest BCUT2D eigenvalue weighted by molar-refractivity contribution is 7.18. The van der Waals surface area contributed by atoms with E-state index in [0.29, 0.717) is 42.8 Å². The number of amides is 1. The third kappa shape index (κ3) is 3.34. The number of hydrogen-bond donors (Lipinski definition) is 1. The Morgan fingerprint density at radius 3 is 2.59 bits per heavy atom. The van der Waals surface area contributed by atoms with Crippen molar-refractivity contribution in [3.8, 4) is 21.8 Å². The lowest BCUT2D eigenvalue weighted by Crippen LogP contribution is -2.10. The second-order valence-electron chi connectivity index (χ2n) is 5.40. The van der Waals surface area contributed by atoms with E-state index in [1.807, 2.05) is 0 Å². The average Bonchev–Trinajstić information content (AvgIpc) is 3.36. The Morgan fingerprint density at radius 1 is 1.11 bits per heavy atom. The second kappa shape index (κ2) is 7.15. The number of halogens is 2. The van der Waals surface area contributed by atoms with E-state index in [1.54, 1.807) is 37.3 Å². The summed E-state index contributed by atoms with van der Waals surface area (Å²) in [7, 11) is 0. The first kappa shape index (κ1) is 17.7. The smallest absolute Gasteiger partial charge is 0.293 e. The van der Waals surface area contributed by atoms with Gasteiger partial charge in [-0.25, -0.2) is 0 Å². The molecule has 0 atom stereocenters. The lowest BCUT2D eigenvalue weighted by atomic mass is 10.1. The van der Waals surface area contributed by atoms with Crippen molar-refractivity contribution < 1.29 is 13.7 Å². The van der Waals surface area contributed by atoms with Crippen LogP contribution in [0.3, 0.4) is 0 Å². The van der Waals surface area contributed by atoms with Gasteiger partial charge in [0.1, 0.15) is 11.5 Å². The molecule has 136 valence electrons. The largest absolute Gasteiger partial charge is 0.459 e. The Balaban J connectivity index is 1.70. The van der Waals surface area contributed by atoms with Gasteiger partial charge in [-0.15, -0.1) is 10.2 Å². The van der Waals surface area contributed by atoms with E-state index in [4.69, 9.17) is 32.1 Å². The van der Waals surface area contributed by atoms with Crippen LogP contribution in [0.5, 0.6) is 0 Å². The molecule has 1 N–H and O–H groups in total. The quantitative estimate of drug-likeness (QED) is 0.479. The molecule has 0 aliphatic rings. The van der Waals surface area contributed by atoms with Crippen LogP contribution in [-0.2, 0) is 0 Å². The van der Waals surface area contributed by atoms with E-state index < -0.39 is 5.91 Å². The minimum atomic E-state index is -0.417. The normalized spacial score (nSPS) is 10.9. The molecule has 0 aliphatic carbocycles. The molecule has 0 aliphatic heterocycles. The van der Waals surface area contributed by atoms with Crippen LogP contribution in [-0.4, -0.2) is 21.3 Å². The number of aromatic nitrogens is 3. The van der Waals surface area contributed by atoms with Crippen molar-refractivity contribution in [2.24, 2.45) is 0 Å². The van der Waals surface area contributed by atoms with Crippen molar-refractivity contribution in [3.63, 3.8) is 0 Å². The standard InChI is InChI=1S/C17H10Cl2N4O3S/c1-8-12(14(23-26-8)13-9(18)4-2-5-10(13)19)16-21-22-17(27-16)20-15(24)11-6-3-7-25-11/h2-7H,1H3,(H,20,22,24). The molecule has 0 bridgehead atoms. The summed E-state index contributed by atoms with van der Waals surface area (Å²) in [6, 6.07) is 8.35. The number of rotatable bonds is 4. The van der Waals surface area contributed by atoms with Gasteiger partial charge in [0.25, 0.3) is 5.91 Å². The molecule has 0 radical (unpaired) electrons. The molecule has 0 spiro atoms. The molecule has 4 aromatic rings. The third-order valence-corrected chi connectivity index (χ3v) is 5.15. The minimum Gasteiger partial charge on any atom is -0.459 e. The number of carbonyl (C=O) groups is 1. The highest BCUT2D eigenvalue weighted by atomic mass is 35.5. The van der Waals surface area contributed by atoms with Gasteiger partial charge in [0.2, 0.25) is 5.13 Å². The van der Waals surface area contributed by atoms with Crippen LogP contribution in [0.25, 0.3) is 21.8 Å². The zero-order valence-electron chi connectivity index (χ0n) is 13.7. The molecule has 0 saturated heterocycles. The van der Waals surface area contributed by atoms with Gasteiger partial charge >= 0.3 is 0 Å². The van der Waals surface area contributed by atoms with Crippen molar-refractivity contribution in [1.82, 2.24) is 15.4 Å². The summed E-state index contributed by atoms with van der Waals surface area (Å²) in [4.78, 5) is 12.1. The molecule has 1 amide bonds. The minimum absolute atomic E-state index is 0.177. The van der Waals surface area contributed by atoms with Gasteiger partial charge in [-0.3, -0.25) is 10.1 Å². The molecule has 1 aromatic carbocycles. The topological polar surface area (TPSA) is 94.0 Å². The molecule has 4 rings (SSSR count). The van der Waals surface area contributed by atoms with E-state index >= 15 is 0 Å². The SMILES string of the molecule is Cc1onc(-c2c(Cl)cccc2Cl)c1-c1nnc(NC(=O)c2ccco2)s1. The lowest BCUT2D eigenvalue weighted by molar-refractivity contribution is 0.0996. The predicted octanol–water partition coefficient (Wildman–Crippen LogP) is 5.32. The molecule has 7 nitrogen and oxygen atoms in total. The monoisotopic (exact) mass is 420 g/mol. The Bertz CT molecular complexity index is 1100. The number of furan rings is 1. The number of benzene rings is 1. The number of carbonyl (C=O) groups excluding carboxylic acids is 1. The first-order chi connectivity index (χ1) is 13.0. The van der Waals surface area contributed by atoms with Crippen molar-refractivity contribution >= 4 is 45.6 Å². The van der Waals surface area contributed by atoms with Gasteiger partial charge in [-0.2, -0.15) is 0 Å². The molecule has 27 heavy (non-hydrogen) atoms. The summed E-state index contributed by atoms with van der Waals surface area (Å²) in [5.41, 5.74) is 1.62. The highest BCUT2D eigenvalue weighted by Gasteiger charge is 2.24. The fourth-order valence-electron chi connectivity index (χ4n) is 2.46. The summed E-state index contributed by atoms with van der Waals surface area (Å²) in [6.07, 6.45) is 1.42. The zero-order chi connectivity index (χ0) is 19.0. The fourth-order valence-corrected chi connectivity index (χ4v) is 3.87. The van der Waals surface area contributed by atoms with Crippen LogP contribution < -0.4 is 5.32 Å². The van der Waals surface area contributed by atoms with Crippen LogP contribution in [0.15, 0.2) is 45.5 Å². The highest BCUT2D eigenvalue weighted by Crippen LogP contribution is 2.42. The molecule has 10 heteroatoms. The van der Waals surface area contributed by atoms with E-state index in [0.717, 1.165) is 0 Å². The number of nitrogens with zero attached hydrogens (tertiary/aromatic N) is 3. The molecule has 3 heterocycles. The number of hydrogen-bond acceptors (Lipinski definition) is 7. The molecular formula is C17H10Cl2N4O3S. The molecule has 0 saturated carbocycles. The van der Waals surface area contributed by atoms with Gasteiger partial charge in [-0.1, -0.05) is 45.8 Å². The lowest BCUT2D eigenvalue weighted by Gasteiger charge is -2.04. The Kier molecular flexibility index (Phi) is 4.69. The molecule has 0 fully saturated rings. The van der Waals surface area contributed by atoms with E-state index in [9.17, 15) is 4.79 Å². The maximum atomic E-state index is 12.1. The average molecular weight is 421 g/mol. The van der Waals surface area contributed by atoms with Crippen LogP contribution in [0.4, 0.5) is 5.13 Å². The van der Waals surface area contributed by atoms with Gasteiger partial charge in [-0.05, 0) is 31.2 Å². The van der Waals surface area contributed by atoms with Crippen molar-refractivity contribution in [3.05, 3.63) is 58.2 Å². The van der Waals surface area contributed by atoms with Crippen molar-refractivity contribution in [2.45, 2.75) is 6.92 Å². The summed E-state index contributed by atoms with van der Waals surface area (Å²) in [5.74, 6) is 0.289. The van der Waals surface area contributed by atoms with E-state index in [2.05, 4.69) is 20.7 Å². The molecule has 0 unspecified atom stereocenters. The summed E-state index contributed by atoms with van der Waals surface area (Å²) >= 11 is 13.8. The number of aryl methyl sites for hydroxylation is 1. The zero-order valence-corrected chi connectivity index (χ0v) is 16.0. The van der Waals surface area contributed by atoms with Gasteiger partial charge in [0.05, 0.1) is 21.9 Å². The van der Waals surface area contributed by atoms with E-state index in [-0.39, 0.29) is 5.76 Å². The third-order valence-electron chi connectivity index (χ3n) is 3.67. The molecule has 3 aromatic heterocycles. The second-order valence-corrected chi connectivity index (χ2v) is 7.19. The van der Waals surface area contributed by atoms with E-state index in [1.165, 1.54) is 17.6 Å². The Labute approximate surface area is 166 Å². The first-order valence-electron chi connectivity index (χ1n) is 7.64. The number of anilines is 1. The van der Waals surface area contributed by atoms with Crippen LogP contribution >= 0.6 is 34.5 Å². The van der Waals surface area contributed by atoms with Crippen LogP contribution in [0.1, 0.15) is 16.3 Å². The van der Waals surface area contributed by atoms with Crippen LogP contribution in [0.2, 0.25) is 10.0 Å². The van der Waals surface area contributed by atoms with Crippen LogP contribution in [0, 0.1) is 6.92 Å². The summed E-state index contributed by atoms with van der Waals surface area (Å²) in [6.45, 7) is 1.75. The van der Waals surface area contributed by atoms with Gasteiger partial charge in [0, 0.05) is 5.56 Å². The Hall–Kier alpha value is -2.68. The summed E-state index contributed by atoms with van der Waals surface area (Å²) < 4.78 is 10.4. The maximum Gasteiger partial charge on any atom is 0.293 e. The van der Waals surface area contributed by atoms with Gasteiger partial charge in [0.15, 0.2) is 10.8 Å². The molecular weight excluding hydrogens is 411 g/mol. The predicted molar refractivity (Wildman–Crippen MR) is 102 cm³/mol. The Morgan fingerprint density at radius 2 is 1.89 bits per heavy atom.